The smallest absolute Gasteiger partial charge is 0.241 e. The van der Waals surface area contributed by atoms with Crippen LogP contribution >= 0.6 is 0 Å². The SMILES string of the molecule is COc1ccc2c(c1)C[C@H](C(=O)Nc1ccc(-c3cn[nH]c3)cc1OCC1CCCO1)NC2. The van der Waals surface area contributed by atoms with Crippen LogP contribution in [0, 0.1) is 0 Å². The minimum absolute atomic E-state index is 0.0811. The summed E-state index contributed by atoms with van der Waals surface area (Å²) in [6.45, 7) is 1.86. The van der Waals surface area contributed by atoms with Gasteiger partial charge in [-0.15, -0.1) is 0 Å². The van der Waals surface area contributed by atoms with Crippen molar-refractivity contribution in [1.29, 1.82) is 0 Å². The van der Waals surface area contributed by atoms with Crippen LogP contribution in [0.4, 0.5) is 5.69 Å². The average molecular weight is 449 g/mol. The van der Waals surface area contributed by atoms with Crippen LogP contribution in [0.15, 0.2) is 48.8 Å². The highest BCUT2D eigenvalue weighted by atomic mass is 16.5. The normalized spacial score (nSPS) is 19.7. The number of H-pyrrole nitrogens is 1. The van der Waals surface area contributed by atoms with Crippen LogP contribution in [0.25, 0.3) is 11.1 Å². The summed E-state index contributed by atoms with van der Waals surface area (Å²) in [5, 5.41) is 13.3. The van der Waals surface area contributed by atoms with Crippen molar-refractivity contribution in [2.24, 2.45) is 0 Å². The number of carbonyl (C=O) groups is 1. The second-order valence-electron chi connectivity index (χ2n) is 8.41. The first-order valence-electron chi connectivity index (χ1n) is 11.3. The van der Waals surface area contributed by atoms with Gasteiger partial charge in [-0.3, -0.25) is 9.89 Å². The van der Waals surface area contributed by atoms with Crippen molar-refractivity contribution in [2.75, 3.05) is 25.6 Å². The molecular weight excluding hydrogens is 420 g/mol. The van der Waals surface area contributed by atoms with Gasteiger partial charge in [0.2, 0.25) is 5.91 Å². The Balaban J connectivity index is 1.33. The Bertz CT molecular complexity index is 1110. The van der Waals surface area contributed by atoms with Gasteiger partial charge >= 0.3 is 0 Å². The van der Waals surface area contributed by atoms with Crippen molar-refractivity contribution in [3.63, 3.8) is 0 Å². The molecule has 2 atom stereocenters. The van der Waals surface area contributed by atoms with Crippen LogP contribution in [-0.2, 0) is 22.5 Å². The van der Waals surface area contributed by atoms with Gasteiger partial charge in [-0.2, -0.15) is 5.10 Å². The van der Waals surface area contributed by atoms with E-state index in [4.69, 9.17) is 14.2 Å². The number of aromatic amines is 1. The monoisotopic (exact) mass is 448 g/mol. The molecule has 0 bridgehead atoms. The van der Waals surface area contributed by atoms with E-state index >= 15 is 0 Å². The molecule has 3 heterocycles. The van der Waals surface area contributed by atoms with Gasteiger partial charge in [-0.25, -0.2) is 0 Å². The lowest BCUT2D eigenvalue weighted by Gasteiger charge is -2.26. The Hall–Kier alpha value is -3.36. The zero-order chi connectivity index (χ0) is 22.6. The Morgan fingerprint density at radius 2 is 2.15 bits per heavy atom. The number of benzene rings is 2. The van der Waals surface area contributed by atoms with E-state index in [9.17, 15) is 4.79 Å². The van der Waals surface area contributed by atoms with Gasteiger partial charge in [0.1, 0.15) is 18.1 Å². The number of nitrogens with zero attached hydrogens (tertiary/aromatic N) is 1. The Morgan fingerprint density at radius 3 is 2.94 bits per heavy atom. The molecule has 8 heteroatoms. The summed E-state index contributed by atoms with van der Waals surface area (Å²) in [7, 11) is 1.65. The maximum Gasteiger partial charge on any atom is 0.241 e. The van der Waals surface area contributed by atoms with Gasteiger partial charge in [0, 0.05) is 24.9 Å². The molecule has 3 aromatic rings. The second kappa shape index (κ2) is 9.64. The van der Waals surface area contributed by atoms with Crippen LogP contribution in [0.1, 0.15) is 24.0 Å². The van der Waals surface area contributed by atoms with Crippen LogP contribution < -0.4 is 20.1 Å². The molecule has 0 saturated carbocycles. The Labute approximate surface area is 192 Å². The third-order valence-electron chi connectivity index (χ3n) is 6.21. The number of carbonyl (C=O) groups excluding carboxylic acids is 1. The van der Waals surface area contributed by atoms with Gasteiger partial charge in [0.15, 0.2) is 0 Å². The van der Waals surface area contributed by atoms with Crippen LogP contribution in [-0.4, -0.2) is 48.6 Å². The fourth-order valence-electron chi connectivity index (χ4n) is 4.31. The standard InChI is InChI=1S/C25H28N4O4/c1-31-20-6-4-17-12-26-23(10-18(17)9-20)25(30)29-22-7-5-16(19-13-27-28-14-19)11-24(22)33-15-21-3-2-8-32-21/h4-7,9,11,13-14,21,23,26H,2-3,8,10,12,15H2,1H3,(H,27,28)(H,29,30)/t21?,23-/m1/s1. The van der Waals surface area contributed by atoms with Gasteiger partial charge in [0.05, 0.1) is 31.1 Å². The fourth-order valence-corrected chi connectivity index (χ4v) is 4.31. The molecule has 2 aliphatic heterocycles. The van der Waals surface area contributed by atoms with E-state index < -0.39 is 0 Å². The van der Waals surface area contributed by atoms with Gasteiger partial charge in [-0.1, -0.05) is 12.1 Å². The van der Waals surface area contributed by atoms with Crippen LogP contribution in [0.5, 0.6) is 11.5 Å². The molecule has 172 valence electrons. The predicted molar refractivity (Wildman–Crippen MR) is 124 cm³/mol. The minimum atomic E-state index is -0.343. The number of methoxy groups -OCH3 is 1. The van der Waals surface area contributed by atoms with Gasteiger partial charge < -0.3 is 24.8 Å². The molecule has 0 spiro atoms. The Kier molecular flexibility index (Phi) is 6.28. The number of nitrogens with one attached hydrogen (secondary N) is 3. The van der Waals surface area contributed by atoms with E-state index in [-0.39, 0.29) is 18.1 Å². The first-order valence-corrected chi connectivity index (χ1v) is 11.3. The number of fused-ring (bicyclic) bond motifs is 1. The lowest BCUT2D eigenvalue weighted by molar-refractivity contribution is -0.118. The van der Waals surface area contributed by atoms with Gasteiger partial charge in [-0.05, 0) is 60.2 Å². The average Bonchev–Trinajstić information content (AvgIpc) is 3.57. The number of anilines is 1. The molecule has 0 radical (unpaired) electrons. The van der Waals surface area contributed by atoms with Crippen LogP contribution in [0.3, 0.4) is 0 Å². The van der Waals surface area contributed by atoms with Crippen molar-refractivity contribution in [3.8, 4) is 22.6 Å². The molecule has 5 rings (SSSR count). The van der Waals surface area contributed by atoms with E-state index in [0.29, 0.717) is 31.0 Å². The zero-order valence-electron chi connectivity index (χ0n) is 18.6. The molecule has 1 aromatic heterocycles. The molecule has 1 saturated heterocycles. The number of ether oxygens (including phenoxy) is 3. The van der Waals surface area contributed by atoms with Crippen molar-refractivity contribution in [1.82, 2.24) is 15.5 Å². The summed E-state index contributed by atoms with van der Waals surface area (Å²) in [5.41, 5.74) is 4.86. The fraction of sp³-hybridized carbons (Fsp3) is 0.360. The minimum Gasteiger partial charge on any atom is -0.497 e. The van der Waals surface area contributed by atoms with Crippen molar-refractivity contribution < 1.29 is 19.0 Å². The first-order chi connectivity index (χ1) is 16.2. The third kappa shape index (κ3) is 4.86. The quantitative estimate of drug-likeness (QED) is 0.513. The largest absolute Gasteiger partial charge is 0.497 e. The molecule has 2 aromatic carbocycles. The summed E-state index contributed by atoms with van der Waals surface area (Å²) < 4.78 is 17.2. The summed E-state index contributed by atoms with van der Waals surface area (Å²) in [4.78, 5) is 13.2. The molecule has 2 aliphatic rings. The van der Waals surface area contributed by atoms with Crippen LogP contribution in [0.2, 0.25) is 0 Å². The Morgan fingerprint density at radius 1 is 1.21 bits per heavy atom. The lowest BCUT2D eigenvalue weighted by atomic mass is 9.95. The predicted octanol–water partition coefficient (Wildman–Crippen LogP) is 3.30. The summed E-state index contributed by atoms with van der Waals surface area (Å²) >= 11 is 0. The highest BCUT2D eigenvalue weighted by Gasteiger charge is 2.26. The van der Waals surface area contributed by atoms with E-state index in [0.717, 1.165) is 41.9 Å². The summed E-state index contributed by atoms with van der Waals surface area (Å²) in [5.74, 6) is 1.33. The maximum absolute atomic E-state index is 13.2. The van der Waals surface area contributed by atoms with Gasteiger partial charge in [0.25, 0.3) is 0 Å². The second-order valence-corrected chi connectivity index (χ2v) is 8.41. The molecule has 1 amide bonds. The van der Waals surface area contributed by atoms with Crippen molar-refractivity contribution in [2.45, 2.75) is 38.0 Å². The van der Waals surface area contributed by atoms with Crippen molar-refractivity contribution in [3.05, 3.63) is 59.9 Å². The summed E-state index contributed by atoms with van der Waals surface area (Å²) in [6.07, 6.45) is 6.30. The molecular formula is C25H28N4O4. The molecule has 8 nitrogen and oxygen atoms in total. The van der Waals surface area contributed by atoms with Crippen molar-refractivity contribution >= 4 is 11.6 Å². The number of hydrogen-bond acceptors (Lipinski definition) is 6. The molecule has 0 aliphatic carbocycles. The first kappa shape index (κ1) is 21.5. The third-order valence-corrected chi connectivity index (χ3v) is 6.21. The number of aromatic nitrogens is 2. The van der Waals surface area contributed by atoms with E-state index in [1.54, 1.807) is 13.3 Å². The summed E-state index contributed by atoms with van der Waals surface area (Å²) in [6, 6.07) is 11.4. The van der Waals surface area contributed by atoms with E-state index in [2.05, 4.69) is 20.8 Å². The molecule has 33 heavy (non-hydrogen) atoms. The highest BCUT2D eigenvalue weighted by molar-refractivity contribution is 5.97. The maximum atomic E-state index is 13.2. The molecule has 1 unspecified atom stereocenters. The topological polar surface area (TPSA) is 97.5 Å². The number of rotatable bonds is 7. The molecule has 1 fully saturated rings. The number of amides is 1. The van der Waals surface area contributed by atoms with E-state index in [1.807, 2.05) is 42.6 Å². The molecule has 3 N–H and O–H groups in total. The van der Waals surface area contributed by atoms with E-state index in [1.165, 1.54) is 5.56 Å². The zero-order valence-corrected chi connectivity index (χ0v) is 18.6. The highest BCUT2D eigenvalue weighted by Crippen LogP contribution is 2.32. The number of hydrogen-bond donors (Lipinski definition) is 3. The lowest BCUT2D eigenvalue weighted by Crippen LogP contribution is -2.44.